The number of rotatable bonds is 10. The van der Waals surface area contributed by atoms with Gasteiger partial charge in [0.15, 0.2) is 6.10 Å². The van der Waals surface area contributed by atoms with Gasteiger partial charge < -0.3 is 33.7 Å². The maximum Gasteiger partial charge on any atom is 0.344 e. The number of carbonyl (C=O) groups is 4. The van der Waals surface area contributed by atoms with Crippen LogP contribution < -0.4 is 0 Å². The average molecular weight is 921 g/mol. The third-order valence-electron chi connectivity index (χ3n) is 16.2. The summed E-state index contributed by atoms with van der Waals surface area (Å²) in [5.74, 6) is -3.04. The number of allylic oxidation sites excluding steroid dienone is 1. The van der Waals surface area contributed by atoms with Gasteiger partial charge in [0.25, 0.3) is 0 Å². The van der Waals surface area contributed by atoms with Crippen LogP contribution in [-0.2, 0) is 44.5 Å². The number of ether oxygens (including phenoxy) is 5. The Bertz CT molecular complexity index is 2320. The van der Waals surface area contributed by atoms with Crippen molar-refractivity contribution < 1.29 is 48.0 Å². The van der Waals surface area contributed by atoms with Gasteiger partial charge in [0.2, 0.25) is 5.60 Å². The van der Waals surface area contributed by atoms with E-state index >= 15 is 4.79 Å². The first-order chi connectivity index (χ1) is 30.6. The summed E-state index contributed by atoms with van der Waals surface area (Å²) in [5, 5.41) is 13.4. The second-order valence-electron chi connectivity index (χ2n) is 19.0. The standard InChI is InChI=1S/C49H59Cl2N3O10/c1-8-28-17-29-22-48(44(57)61-6,34-19-30-11-12-31(40(56)63-26-39(50)51)18-32(30)33(34)25-53(23-28)24-29)36-20-35-37(21-38(36)60-5)52(4)42-47(35)14-16-54-15-10-13-46(9-2,41(47)54)43(64-27(3)55)49(42,59)45(58)62-7/h10-13,17-18,20-21,29,36,38-39,41-43,59H,8-9,14-16,19,22-26H2,1-7H3/t29-,36?,38?,41+,42-,43-,46-,47-,48-,49+/m1/s1. The fourth-order valence-electron chi connectivity index (χ4n) is 14.0. The minimum absolute atomic E-state index is 0.00891. The number of halogens is 2. The van der Waals surface area contributed by atoms with E-state index in [2.05, 4.69) is 47.1 Å². The number of likely N-dealkylation sites (N-methyl/N-ethyl adjacent to an activating group) is 1. The lowest BCUT2D eigenvalue weighted by Gasteiger charge is -2.63. The molecule has 344 valence electrons. The van der Waals surface area contributed by atoms with E-state index in [4.69, 9.17) is 46.9 Å². The molecule has 2 bridgehead atoms. The maximum atomic E-state index is 15.5. The summed E-state index contributed by atoms with van der Waals surface area (Å²) in [7, 11) is 6.23. The molecule has 5 heterocycles. The van der Waals surface area contributed by atoms with Gasteiger partial charge in [0, 0.05) is 75.7 Å². The van der Waals surface area contributed by atoms with Crippen molar-refractivity contribution in [2.45, 2.75) is 87.6 Å². The highest BCUT2D eigenvalue weighted by Crippen LogP contribution is 2.70. The summed E-state index contributed by atoms with van der Waals surface area (Å²) in [6.45, 7) is 8.66. The Morgan fingerprint density at radius 3 is 2.44 bits per heavy atom. The van der Waals surface area contributed by atoms with Crippen molar-refractivity contribution in [1.29, 1.82) is 0 Å². The van der Waals surface area contributed by atoms with Gasteiger partial charge in [-0.1, -0.05) is 49.8 Å². The van der Waals surface area contributed by atoms with E-state index in [1.807, 2.05) is 31.0 Å². The molecule has 0 aromatic heterocycles. The minimum atomic E-state index is -2.31. The van der Waals surface area contributed by atoms with Crippen molar-refractivity contribution in [3.8, 4) is 0 Å². The molecule has 13 nitrogen and oxygen atoms in total. The van der Waals surface area contributed by atoms with E-state index in [0.717, 1.165) is 46.5 Å². The van der Waals surface area contributed by atoms with E-state index in [-0.39, 0.29) is 24.5 Å². The minimum Gasteiger partial charge on any atom is -0.468 e. The van der Waals surface area contributed by atoms with E-state index in [0.29, 0.717) is 57.4 Å². The summed E-state index contributed by atoms with van der Waals surface area (Å²) in [5.41, 5.74) is 1.63. The molecular formula is C49H59Cl2N3O10. The number of alkyl halides is 2. The van der Waals surface area contributed by atoms with Crippen molar-refractivity contribution >= 4 is 52.7 Å². The van der Waals surface area contributed by atoms with Crippen LogP contribution in [0.1, 0.15) is 67.9 Å². The molecule has 15 heteroatoms. The summed E-state index contributed by atoms with van der Waals surface area (Å²) in [4.78, 5) is 62.3. The van der Waals surface area contributed by atoms with Gasteiger partial charge in [0.05, 0.1) is 37.3 Å². The number of benzene rings is 1. The summed E-state index contributed by atoms with van der Waals surface area (Å²) >= 11 is 11.9. The van der Waals surface area contributed by atoms with Crippen LogP contribution in [0.2, 0.25) is 0 Å². The lowest BCUT2D eigenvalue weighted by molar-refractivity contribution is -0.243. The Morgan fingerprint density at radius 1 is 1.00 bits per heavy atom. The molecule has 64 heavy (non-hydrogen) atoms. The van der Waals surface area contributed by atoms with Crippen molar-refractivity contribution in [3.63, 3.8) is 0 Å². The molecule has 1 N–H and O–H groups in total. The largest absolute Gasteiger partial charge is 0.468 e. The average Bonchev–Trinajstić information content (AvgIpc) is 3.93. The van der Waals surface area contributed by atoms with Gasteiger partial charge in [-0.15, -0.1) is 23.2 Å². The monoisotopic (exact) mass is 919 g/mol. The van der Waals surface area contributed by atoms with E-state index < -0.39 is 68.8 Å². The number of methoxy groups -OCH3 is 3. The van der Waals surface area contributed by atoms with Crippen molar-refractivity contribution in [2.75, 3.05) is 67.7 Å². The molecule has 3 fully saturated rings. The van der Waals surface area contributed by atoms with Gasteiger partial charge in [-0.25, -0.2) is 9.59 Å². The SMILES string of the molecule is CCC1=C[C@H]2CN(C1)CC1=C(Cc3ccc(C(=O)OCC(Cl)Cl)cc31)[C@@](C(=O)OC)(C1C=C3C(=CC1OC)N(C)[C@H]1[C@@](O)(C(=O)OC)[C@H](OC(C)=O)[C@]4(CC)C=CCN5CC[C@]31[C@@H]54)C2. The highest BCUT2D eigenvalue weighted by atomic mass is 35.5. The first-order valence-corrected chi connectivity index (χ1v) is 23.4. The third-order valence-corrected chi connectivity index (χ3v) is 16.4. The van der Waals surface area contributed by atoms with Gasteiger partial charge in [-0.2, -0.15) is 0 Å². The molecule has 1 aromatic carbocycles. The number of carbonyl (C=O) groups excluding carboxylic acids is 4. The number of fused-ring (bicyclic) bond motifs is 5. The first-order valence-electron chi connectivity index (χ1n) is 22.5. The Hall–Kier alpha value is -3.98. The summed E-state index contributed by atoms with van der Waals surface area (Å²) < 4.78 is 29.6. The van der Waals surface area contributed by atoms with Crippen LogP contribution in [0.5, 0.6) is 0 Å². The van der Waals surface area contributed by atoms with Crippen LogP contribution in [0.3, 0.4) is 0 Å². The first kappa shape index (κ1) is 45.2. The van der Waals surface area contributed by atoms with Gasteiger partial charge in [0.1, 0.15) is 11.4 Å². The molecule has 2 saturated heterocycles. The van der Waals surface area contributed by atoms with E-state index in [9.17, 15) is 19.5 Å². The van der Waals surface area contributed by atoms with Crippen LogP contribution in [-0.4, -0.2) is 146 Å². The molecule has 8 aliphatic rings. The Labute approximate surface area is 385 Å². The highest BCUT2D eigenvalue weighted by Gasteiger charge is 2.81. The Morgan fingerprint density at radius 2 is 1.77 bits per heavy atom. The normalized spacial score (nSPS) is 36.9. The summed E-state index contributed by atoms with van der Waals surface area (Å²) in [6.07, 6.45) is 11.6. The predicted octanol–water partition coefficient (Wildman–Crippen LogP) is 5.43. The number of hydrogen-bond donors (Lipinski definition) is 1. The molecule has 1 spiro atoms. The topological polar surface area (TPSA) is 144 Å². The fourth-order valence-corrected chi connectivity index (χ4v) is 14.2. The second-order valence-corrected chi connectivity index (χ2v) is 20.3. The van der Waals surface area contributed by atoms with Crippen molar-refractivity contribution in [3.05, 3.63) is 87.7 Å². The lowest BCUT2D eigenvalue weighted by Crippen LogP contribution is -2.79. The van der Waals surface area contributed by atoms with Gasteiger partial charge in [-0.3, -0.25) is 19.4 Å². The molecule has 3 aliphatic carbocycles. The Balaban J connectivity index is 1.29. The quantitative estimate of drug-likeness (QED) is 0.138. The van der Waals surface area contributed by atoms with Crippen LogP contribution in [0.4, 0.5) is 0 Å². The third kappa shape index (κ3) is 6.30. The summed E-state index contributed by atoms with van der Waals surface area (Å²) in [6, 6.07) is 4.33. The number of likely N-dealkylation sites (tertiary alicyclic amines) is 1. The van der Waals surface area contributed by atoms with Crippen molar-refractivity contribution in [1.82, 2.24) is 14.7 Å². The molecule has 3 unspecified atom stereocenters. The van der Waals surface area contributed by atoms with Crippen LogP contribution in [0.25, 0.3) is 5.57 Å². The molecular weight excluding hydrogens is 861 g/mol. The highest BCUT2D eigenvalue weighted by molar-refractivity contribution is 6.44. The van der Waals surface area contributed by atoms with Crippen LogP contribution in [0.15, 0.2) is 71.0 Å². The van der Waals surface area contributed by atoms with Gasteiger partial charge in [-0.05, 0) is 90.6 Å². The molecule has 0 radical (unpaired) electrons. The zero-order valence-electron chi connectivity index (χ0n) is 37.7. The molecule has 5 aliphatic heterocycles. The zero-order valence-corrected chi connectivity index (χ0v) is 39.2. The number of esters is 4. The van der Waals surface area contributed by atoms with Gasteiger partial charge >= 0.3 is 23.9 Å². The zero-order chi connectivity index (χ0) is 45.7. The molecule has 11 atom stereocenters. The maximum absolute atomic E-state index is 15.5. The Kier molecular flexibility index (Phi) is 11.6. The smallest absolute Gasteiger partial charge is 0.344 e. The van der Waals surface area contributed by atoms with E-state index in [1.165, 1.54) is 26.7 Å². The molecule has 0 amide bonds. The van der Waals surface area contributed by atoms with Crippen molar-refractivity contribution in [2.24, 2.45) is 28.1 Å². The fraction of sp³-hybridized carbons (Fsp3) is 0.592. The number of aliphatic hydroxyl groups is 1. The lowest BCUT2D eigenvalue weighted by atomic mass is 9.47. The molecule has 1 saturated carbocycles. The number of nitrogens with zero attached hydrogens (tertiary/aromatic N) is 3. The van der Waals surface area contributed by atoms with Crippen LogP contribution in [0, 0.1) is 28.1 Å². The predicted molar refractivity (Wildman–Crippen MR) is 239 cm³/mol. The molecule has 9 rings (SSSR count). The second kappa shape index (κ2) is 16.4. The number of hydrogen-bond acceptors (Lipinski definition) is 13. The van der Waals surface area contributed by atoms with E-state index in [1.54, 1.807) is 13.2 Å². The van der Waals surface area contributed by atoms with Crippen LogP contribution >= 0.6 is 23.2 Å². The molecule has 1 aromatic rings.